The number of likely N-dealkylation sites (N-methyl/N-ethyl adjacent to an activating group) is 2. The average molecular weight is 202 g/mol. The second-order valence-electron chi connectivity index (χ2n) is 4.01. The summed E-state index contributed by atoms with van der Waals surface area (Å²) in [5, 5.41) is 3.35. The molecule has 0 rings (SSSR count). The van der Waals surface area contributed by atoms with E-state index < -0.39 is 0 Å². The number of nitrogens with one attached hydrogen (secondary N) is 1. The molecule has 0 aromatic heterocycles. The quantitative estimate of drug-likeness (QED) is 0.674. The fraction of sp³-hybridized carbons (Fsp3) is 1.00. The molecule has 0 aromatic carbocycles. The van der Waals surface area contributed by atoms with Crippen LogP contribution in [0.15, 0.2) is 0 Å². The van der Waals surface area contributed by atoms with Crippen molar-refractivity contribution in [2.45, 2.75) is 45.3 Å². The Bertz CT molecular complexity index is 137. The molecule has 3 nitrogen and oxygen atoms in total. The van der Waals surface area contributed by atoms with Gasteiger partial charge >= 0.3 is 0 Å². The third-order valence-electron chi connectivity index (χ3n) is 3.14. The van der Waals surface area contributed by atoms with Crippen LogP contribution in [0.1, 0.15) is 27.2 Å². The first-order valence-electron chi connectivity index (χ1n) is 5.46. The third kappa shape index (κ3) is 3.95. The smallest absolute Gasteiger partial charge is 0.0615 e. The largest absolute Gasteiger partial charge is 0.383 e. The molecule has 0 aliphatic rings. The van der Waals surface area contributed by atoms with Crippen LogP contribution < -0.4 is 5.32 Å². The molecule has 0 aliphatic carbocycles. The highest BCUT2D eigenvalue weighted by molar-refractivity contribution is 4.80. The van der Waals surface area contributed by atoms with Gasteiger partial charge < -0.3 is 10.1 Å². The molecular weight excluding hydrogens is 176 g/mol. The van der Waals surface area contributed by atoms with Gasteiger partial charge in [0.05, 0.1) is 6.61 Å². The zero-order valence-electron chi connectivity index (χ0n) is 10.5. The van der Waals surface area contributed by atoms with Gasteiger partial charge in [0.25, 0.3) is 0 Å². The molecule has 86 valence electrons. The van der Waals surface area contributed by atoms with Gasteiger partial charge in [-0.2, -0.15) is 0 Å². The van der Waals surface area contributed by atoms with Crippen molar-refractivity contribution in [2.24, 2.45) is 0 Å². The topological polar surface area (TPSA) is 24.5 Å². The van der Waals surface area contributed by atoms with Crippen molar-refractivity contribution in [2.75, 3.05) is 27.8 Å². The summed E-state index contributed by atoms with van der Waals surface area (Å²) < 4.78 is 5.16. The zero-order chi connectivity index (χ0) is 11.1. The van der Waals surface area contributed by atoms with Gasteiger partial charge in [-0.05, 0) is 34.4 Å². The van der Waals surface area contributed by atoms with Crippen molar-refractivity contribution < 1.29 is 4.74 Å². The Kier molecular flexibility index (Phi) is 7.15. The van der Waals surface area contributed by atoms with E-state index in [9.17, 15) is 0 Å². The Labute approximate surface area is 88.8 Å². The minimum absolute atomic E-state index is 0.470. The third-order valence-corrected chi connectivity index (χ3v) is 3.14. The lowest BCUT2D eigenvalue weighted by Crippen LogP contribution is -2.49. The Balaban J connectivity index is 4.13. The summed E-state index contributed by atoms with van der Waals surface area (Å²) in [6, 6.07) is 1.56. The predicted molar refractivity (Wildman–Crippen MR) is 61.7 cm³/mol. The lowest BCUT2D eigenvalue weighted by atomic mass is 10.1. The Morgan fingerprint density at radius 1 is 1.36 bits per heavy atom. The van der Waals surface area contributed by atoms with Crippen molar-refractivity contribution in [3.63, 3.8) is 0 Å². The number of hydrogen-bond acceptors (Lipinski definition) is 3. The van der Waals surface area contributed by atoms with Crippen molar-refractivity contribution in [1.82, 2.24) is 10.2 Å². The van der Waals surface area contributed by atoms with Gasteiger partial charge in [-0.3, -0.25) is 4.90 Å². The minimum atomic E-state index is 0.470. The van der Waals surface area contributed by atoms with Crippen LogP contribution >= 0.6 is 0 Å². The molecule has 0 saturated heterocycles. The van der Waals surface area contributed by atoms with E-state index in [1.54, 1.807) is 7.11 Å². The normalized spacial score (nSPS) is 18.2. The van der Waals surface area contributed by atoms with E-state index in [1.807, 2.05) is 7.05 Å². The number of methoxy groups -OCH3 is 1. The molecule has 0 aliphatic heterocycles. The van der Waals surface area contributed by atoms with E-state index in [4.69, 9.17) is 4.74 Å². The fourth-order valence-electron chi connectivity index (χ4n) is 1.83. The molecular formula is C11H26N2O. The van der Waals surface area contributed by atoms with Crippen molar-refractivity contribution >= 4 is 0 Å². The van der Waals surface area contributed by atoms with E-state index >= 15 is 0 Å². The number of rotatable bonds is 7. The molecule has 0 saturated carbocycles. The van der Waals surface area contributed by atoms with Crippen LogP contribution in [-0.2, 0) is 4.74 Å². The Morgan fingerprint density at radius 3 is 2.29 bits per heavy atom. The summed E-state index contributed by atoms with van der Waals surface area (Å²) in [4.78, 5) is 2.37. The molecule has 0 fully saturated rings. The van der Waals surface area contributed by atoms with Crippen LogP contribution in [0.3, 0.4) is 0 Å². The molecule has 0 radical (unpaired) electrons. The lowest BCUT2D eigenvalue weighted by Gasteiger charge is -2.35. The maximum Gasteiger partial charge on any atom is 0.0615 e. The van der Waals surface area contributed by atoms with Crippen molar-refractivity contribution in [3.8, 4) is 0 Å². The van der Waals surface area contributed by atoms with Crippen LogP contribution in [0.4, 0.5) is 0 Å². The van der Waals surface area contributed by atoms with Gasteiger partial charge in [0, 0.05) is 25.2 Å². The first-order chi connectivity index (χ1) is 6.58. The summed E-state index contributed by atoms with van der Waals surface area (Å²) in [6.07, 6.45) is 1.15. The van der Waals surface area contributed by atoms with E-state index in [0.717, 1.165) is 13.0 Å². The highest BCUT2D eigenvalue weighted by atomic mass is 16.5. The summed E-state index contributed by atoms with van der Waals surface area (Å²) in [7, 11) is 5.94. The van der Waals surface area contributed by atoms with Crippen molar-refractivity contribution in [3.05, 3.63) is 0 Å². The summed E-state index contributed by atoms with van der Waals surface area (Å²) in [6.45, 7) is 7.46. The maximum absolute atomic E-state index is 5.16. The van der Waals surface area contributed by atoms with Crippen LogP contribution in [-0.4, -0.2) is 50.8 Å². The van der Waals surface area contributed by atoms with Gasteiger partial charge in [-0.15, -0.1) is 0 Å². The highest BCUT2D eigenvalue weighted by Crippen LogP contribution is 2.09. The first-order valence-corrected chi connectivity index (χ1v) is 5.46. The highest BCUT2D eigenvalue weighted by Gasteiger charge is 2.21. The number of hydrogen-bond donors (Lipinski definition) is 1. The van der Waals surface area contributed by atoms with Gasteiger partial charge in [-0.25, -0.2) is 0 Å². The second-order valence-corrected chi connectivity index (χ2v) is 4.01. The summed E-state index contributed by atoms with van der Waals surface area (Å²) in [5.41, 5.74) is 0. The van der Waals surface area contributed by atoms with Crippen LogP contribution in [0.5, 0.6) is 0 Å². The number of ether oxygens (including phenoxy) is 1. The molecule has 3 atom stereocenters. The molecule has 0 amide bonds. The zero-order valence-corrected chi connectivity index (χ0v) is 10.5. The molecule has 0 aromatic rings. The minimum Gasteiger partial charge on any atom is -0.383 e. The molecule has 0 spiro atoms. The monoisotopic (exact) mass is 202 g/mol. The Morgan fingerprint density at radius 2 is 1.93 bits per heavy atom. The molecule has 1 N–H and O–H groups in total. The van der Waals surface area contributed by atoms with Gasteiger partial charge in [0.15, 0.2) is 0 Å². The van der Waals surface area contributed by atoms with Gasteiger partial charge in [0.1, 0.15) is 0 Å². The van der Waals surface area contributed by atoms with E-state index in [1.165, 1.54) is 0 Å². The molecule has 3 unspecified atom stereocenters. The summed E-state index contributed by atoms with van der Waals surface area (Å²) >= 11 is 0. The lowest BCUT2D eigenvalue weighted by molar-refractivity contribution is 0.0816. The molecule has 14 heavy (non-hydrogen) atoms. The molecule has 0 bridgehead atoms. The second kappa shape index (κ2) is 7.21. The SMILES string of the molecule is CCC(NC)C(C)N(C)C(C)COC. The average Bonchev–Trinajstić information content (AvgIpc) is 2.18. The number of nitrogens with zero attached hydrogens (tertiary/aromatic N) is 1. The van der Waals surface area contributed by atoms with Gasteiger partial charge in [-0.1, -0.05) is 6.92 Å². The van der Waals surface area contributed by atoms with E-state index in [0.29, 0.717) is 18.1 Å². The summed E-state index contributed by atoms with van der Waals surface area (Å²) in [5.74, 6) is 0. The molecule has 0 heterocycles. The van der Waals surface area contributed by atoms with E-state index in [2.05, 4.69) is 38.0 Å². The Hall–Kier alpha value is -0.120. The standard InChI is InChI=1S/C11H26N2O/c1-7-11(12-4)10(3)13(5)9(2)8-14-6/h9-12H,7-8H2,1-6H3. The van der Waals surface area contributed by atoms with Crippen LogP contribution in [0.2, 0.25) is 0 Å². The van der Waals surface area contributed by atoms with Crippen LogP contribution in [0.25, 0.3) is 0 Å². The molecule has 3 heteroatoms. The maximum atomic E-state index is 5.16. The van der Waals surface area contributed by atoms with Crippen molar-refractivity contribution in [1.29, 1.82) is 0 Å². The predicted octanol–water partition coefficient (Wildman–Crippen LogP) is 1.34. The fourth-order valence-corrected chi connectivity index (χ4v) is 1.83. The van der Waals surface area contributed by atoms with Crippen LogP contribution in [0, 0.1) is 0 Å². The van der Waals surface area contributed by atoms with E-state index in [-0.39, 0.29) is 0 Å². The van der Waals surface area contributed by atoms with Gasteiger partial charge in [0.2, 0.25) is 0 Å². The first kappa shape index (κ1) is 13.9.